The Hall–Kier alpha value is -0.800. The van der Waals surface area contributed by atoms with E-state index < -0.39 is 0 Å². The summed E-state index contributed by atoms with van der Waals surface area (Å²) in [6, 6.07) is 1.67. The lowest BCUT2D eigenvalue weighted by Gasteiger charge is -2.04. The van der Waals surface area contributed by atoms with Gasteiger partial charge in [0, 0.05) is 11.3 Å². The number of pyridine rings is 1. The molecule has 0 aliphatic rings. The van der Waals surface area contributed by atoms with E-state index >= 15 is 0 Å². The van der Waals surface area contributed by atoms with E-state index in [4.69, 9.17) is 5.11 Å². The van der Waals surface area contributed by atoms with Crippen molar-refractivity contribution >= 4 is 12.4 Å². The van der Waals surface area contributed by atoms with E-state index in [1.165, 1.54) is 0 Å². The smallest absolute Gasteiger partial charge is 0.142 e. The van der Waals surface area contributed by atoms with Gasteiger partial charge in [0.2, 0.25) is 0 Å². The summed E-state index contributed by atoms with van der Waals surface area (Å²) >= 11 is 0. The standard InChI is InChI=1S/C8H11NO2.ClH/c1-5-3-7(4-10)8(11)6(2)9-5;/h3,10-11H,4H2,1-2H3;1H. The molecule has 12 heavy (non-hydrogen) atoms. The van der Waals surface area contributed by atoms with Gasteiger partial charge in [-0.25, -0.2) is 0 Å². The number of aryl methyl sites for hydroxylation is 2. The SMILES string of the molecule is Cc1cc(CO)c(O)c(C)n1.Cl. The number of aliphatic hydroxyl groups excluding tert-OH is 1. The molecular formula is C8H12ClNO2. The maximum absolute atomic E-state index is 9.30. The van der Waals surface area contributed by atoms with Gasteiger partial charge < -0.3 is 10.2 Å². The van der Waals surface area contributed by atoms with Crippen LogP contribution in [0.5, 0.6) is 5.75 Å². The van der Waals surface area contributed by atoms with Gasteiger partial charge in [-0.1, -0.05) is 0 Å². The Morgan fingerprint density at radius 1 is 1.42 bits per heavy atom. The Morgan fingerprint density at radius 2 is 2.00 bits per heavy atom. The van der Waals surface area contributed by atoms with Crippen molar-refractivity contribution in [2.45, 2.75) is 20.5 Å². The lowest BCUT2D eigenvalue weighted by molar-refractivity contribution is 0.274. The minimum atomic E-state index is -0.143. The van der Waals surface area contributed by atoms with Crippen molar-refractivity contribution in [1.29, 1.82) is 0 Å². The van der Waals surface area contributed by atoms with Crippen molar-refractivity contribution in [3.63, 3.8) is 0 Å². The predicted octanol–water partition coefficient (Wildman–Crippen LogP) is 1.32. The van der Waals surface area contributed by atoms with Crippen molar-refractivity contribution in [3.8, 4) is 5.75 Å². The van der Waals surface area contributed by atoms with Crippen LogP contribution in [0.1, 0.15) is 17.0 Å². The molecule has 4 heteroatoms. The van der Waals surface area contributed by atoms with Gasteiger partial charge in [-0.15, -0.1) is 12.4 Å². The summed E-state index contributed by atoms with van der Waals surface area (Å²) in [5.74, 6) is 0.0955. The third-order valence-electron chi connectivity index (χ3n) is 1.54. The average Bonchev–Trinajstić information content (AvgIpc) is 1.96. The summed E-state index contributed by atoms with van der Waals surface area (Å²) in [6.45, 7) is 3.39. The zero-order valence-corrected chi connectivity index (χ0v) is 7.85. The summed E-state index contributed by atoms with van der Waals surface area (Å²) in [7, 11) is 0. The number of aliphatic hydroxyl groups is 1. The normalized spacial score (nSPS) is 9.25. The fourth-order valence-corrected chi connectivity index (χ4v) is 1.02. The van der Waals surface area contributed by atoms with Crippen LogP contribution >= 0.6 is 12.4 Å². The Bertz CT molecular complexity index is 276. The molecule has 1 rings (SSSR count). The Kier molecular flexibility index (Phi) is 4.00. The van der Waals surface area contributed by atoms with Gasteiger partial charge in [-0.3, -0.25) is 4.98 Å². The molecule has 1 aromatic rings. The fraction of sp³-hybridized carbons (Fsp3) is 0.375. The van der Waals surface area contributed by atoms with Crippen LogP contribution in [-0.4, -0.2) is 15.2 Å². The molecule has 68 valence electrons. The fourth-order valence-electron chi connectivity index (χ4n) is 1.02. The molecule has 0 atom stereocenters. The molecule has 0 aliphatic heterocycles. The van der Waals surface area contributed by atoms with Crippen molar-refractivity contribution < 1.29 is 10.2 Å². The van der Waals surface area contributed by atoms with Gasteiger partial charge in [-0.05, 0) is 19.9 Å². The molecule has 0 fully saturated rings. The van der Waals surface area contributed by atoms with E-state index in [1.807, 2.05) is 6.92 Å². The second-order valence-electron chi connectivity index (χ2n) is 2.51. The molecule has 1 aromatic heterocycles. The van der Waals surface area contributed by atoms with Gasteiger partial charge in [0.15, 0.2) is 0 Å². The summed E-state index contributed by atoms with van der Waals surface area (Å²) < 4.78 is 0. The Morgan fingerprint density at radius 3 is 2.50 bits per heavy atom. The monoisotopic (exact) mass is 189 g/mol. The van der Waals surface area contributed by atoms with Gasteiger partial charge in [-0.2, -0.15) is 0 Å². The summed E-state index contributed by atoms with van der Waals surface area (Å²) in [4.78, 5) is 4.02. The second kappa shape index (κ2) is 4.28. The number of nitrogens with zero attached hydrogens (tertiary/aromatic N) is 1. The highest BCUT2D eigenvalue weighted by Gasteiger charge is 2.04. The number of rotatable bonds is 1. The quantitative estimate of drug-likeness (QED) is 0.701. The molecule has 3 nitrogen and oxygen atoms in total. The van der Waals surface area contributed by atoms with Crippen LogP contribution in [0.25, 0.3) is 0 Å². The topological polar surface area (TPSA) is 53.4 Å². The average molecular weight is 190 g/mol. The molecule has 0 spiro atoms. The lowest BCUT2D eigenvalue weighted by Crippen LogP contribution is -1.92. The first-order valence-corrected chi connectivity index (χ1v) is 3.42. The largest absolute Gasteiger partial charge is 0.506 e. The van der Waals surface area contributed by atoms with E-state index in [-0.39, 0.29) is 24.8 Å². The maximum Gasteiger partial charge on any atom is 0.142 e. The minimum absolute atomic E-state index is 0. The molecule has 0 aromatic carbocycles. The zero-order chi connectivity index (χ0) is 8.43. The van der Waals surface area contributed by atoms with Crippen molar-refractivity contribution in [2.24, 2.45) is 0 Å². The highest BCUT2D eigenvalue weighted by molar-refractivity contribution is 5.85. The molecule has 1 heterocycles. The second-order valence-corrected chi connectivity index (χ2v) is 2.51. The van der Waals surface area contributed by atoms with Crippen LogP contribution in [0.4, 0.5) is 0 Å². The summed E-state index contributed by atoms with van der Waals surface area (Å²) in [6.07, 6.45) is 0. The molecule has 0 radical (unpaired) electrons. The number of hydrogen-bond donors (Lipinski definition) is 2. The summed E-state index contributed by atoms with van der Waals surface area (Å²) in [5.41, 5.74) is 1.91. The summed E-state index contributed by atoms with van der Waals surface area (Å²) in [5, 5.41) is 18.1. The highest BCUT2D eigenvalue weighted by atomic mass is 35.5. The molecule has 0 saturated carbocycles. The molecule has 2 N–H and O–H groups in total. The van der Waals surface area contributed by atoms with Crippen LogP contribution in [0, 0.1) is 13.8 Å². The van der Waals surface area contributed by atoms with Gasteiger partial charge in [0.1, 0.15) is 5.75 Å². The zero-order valence-electron chi connectivity index (χ0n) is 7.03. The molecule has 0 amide bonds. The predicted molar refractivity (Wildman–Crippen MR) is 48.5 cm³/mol. The van der Waals surface area contributed by atoms with Crippen LogP contribution in [0.15, 0.2) is 6.07 Å². The van der Waals surface area contributed by atoms with E-state index in [0.29, 0.717) is 11.3 Å². The van der Waals surface area contributed by atoms with E-state index in [1.54, 1.807) is 13.0 Å². The maximum atomic E-state index is 9.30. The van der Waals surface area contributed by atoms with E-state index in [2.05, 4.69) is 4.98 Å². The number of aromatic hydroxyl groups is 1. The van der Waals surface area contributed by atoms with Gasteiger partial charge in [0.25, 0.3) is 0 Å². The molecule has 0 aliphatic carbocycles. The van der Waals surface area contributed by atoms with Gasteiger partial charge in [0.05, 0.1) is 12.3 Å². The third-order valence-corrected chi connectivity index (χ3v) is 1.54. The van der Waals surface area contributed by atoms with Gasteiger partial charge >= 0.3 is 0 Å². The van der Waals surface area contributed by atoms with Crippen LogP contribution < -0.4 is 0 Å². The Balaban J connectivity index is 0.00000121. The third kappa shape index (κ3) is 2.09. The number of halogens is 1. The highest BCUT2D eigenvalue weighted by Crippen LogP contribution is 2.20. The molecular weight excluding hydrogens is 178 g/mol. The number of aromatic nitrogens is 1. The molecule has 0 unspecified atom stereocenters. The van der Waals surface area contributed by atoms with Crippen LogP contribution in [0.2, 0.25) is 0 Å². The first-order chi connectivity index (χ1) is 5.15. The first kappa shape index (κ1) is 11.2. The van der Waals surface area contributed by atoms with E-state index in [0.717, 1.165) is 5.69 Å². The molecule has 0 saturated heterocycles. The number of hydrogen-bond acceptors (Lipinski definition) is 3. The Labute approximate surface area is 77.5 Å². The molecule has 0 bridgehead atoms. The first-order valence-electron chi connectivity index (χ1n) is 3.42. The van der Waals surface area contributed by atoms with Crippen molar-refractivity contribution in [3.05, 3.63) is 23.0 Å². The van der Waals surface area contributed by atoms with E-state index in [9.17, 15) is 5.11 Å². The van der Waals surface area contributed by atoms with Crippen molar-refractivity contribution in [1.82, 2.24) is 4.98 Å². The minimum Gasteiger partial charge on any atom is -0.506 e. The van der Waals surface area contributed by atoms with Crippen molar-refractivity contribution in [2.75, 3.05) is 0 Å². The van der Waals surface area contributed by atoms with Crippen LogP contribution in [0.3, 0.4) is 0 Å². The van der Waals surface area contributed by atoms with Crippen LogP contribution in [-0.2, 0) is 6.61 Å². The lowest BCUT2D eigenvalue weighted by atomic mass is 10.2.